The Bertz CT molecular complexity index is 719. The number of benzene rings is 1. The molecule has 2 aromatic rings. The van der Waals surface area contributed by atoms with Crippen LogP contribution >= 0.6 is 11.5 Å². The third kappa shape index (κ3) is 3.65. The van der Waals surface area contributed by atoms with Gasteiger partial charge in [-0.1, -0.05) is 23.9 Å². The SMILES string of the molecule is CCCc1nnsc1C(=O)NCC(O)c1ccc2c(c1)OCCO2. The first-order valence-corrected chi connectivity index (χ1v) is 8.63. The molecule has 0 fully saturated rings. The number of hydrogen-bond donors (Lipinski definition) is 2. The number of amides is 1. The van der Waals surface area contributed by atoms with Crippen LogP contribution in [-0.4, -0.2) is 40.4 Å². The predicted molar refractivity (Wildman–Crippen MR) is 88.6 cm³/mol. The summed E-state index contributed by atoms with van der Waals surface area (Å²) in [4.78, 5) is 12.7. The summed E-state index contributed by atoms with van der Waals surface area (Å²) < 4.78 is 14.8. The fourth-order valence-corrected chi connectivity index (χ4v) is 3.06. The van der Waals surface area contributed by atoms with Crippen LogP contribution in [0.25, 0.3) is 0 Å². The number of ether oxygens (including phenoxy) is 2. The fourth-order valence-electron chi connectivity index (χ4n) is 2.44. The smallest absolute Gasteiger partial charge is 0.265 e. The van der Waals surface area contributed by atoms with Crippen molar-refractivity contribution in [3.63, 3.8) is 0 Å². The van der Waals surface area contributed by atoms with Crippen LogP contribution < -0.4 is 14.8 Å². The summed E-state index contributed by atoms with van der Waals surface area (Å²) in [6.07, 6.45) is 0.774. The van der Waals surface area contributed by atoms with Crippen molar-refractivity contribution in [1.82, 2.24) is 14.9 Å². The molecule has 1 unspecified atom stereocenters. The summed E-state index contributed by atoms with van der Waals surface area (Å²) in [7, 11) is 0. The van der Waals surface area contributed by atoms with E-state index in [9.17, 15) is 9.90 Å². The van der Waals surface area contributed by atoms with Crippen LogP contribution in [0.4, 0.5) is 0 Å². The van der Waals surface area contributed by atoms with Gasteiger partial charge in [-0.2, -0.15) is 0 Å². The summed E-state index contributed by atoms with van der Waals surface area (Å²) in [5.74, 6) is 1.02. The minimum atomic E-state index is -0.833. The Morgan fingerprint density at radius 1 is 1.38 bits per heavy atom. The average Bonchev–Trinajstić information content (AvgIpc) is 3.07. The van der Waals surface area contributed by atoms with Gasteiger partial charge >= 0.3 is 0 Å². The molecule has 1 aliphatic rings. The molecule has 7 nitrogen and oxygen atoms in total. The summed E-state index contributed by atoms with van der Waals surface area (Å²) >= 11 is 1.07. The number of nitrogens with zero attached hydrogens (tertiary/aromatic N) is 2. The molecule has 0 saturated carbocycles. The van der Waals surface area contributed by atoms with Crippen molar-refractivity contribution < 1.29 is 19.4 Å². The molecule has 0 saturated heterocycles. The summed E-state index contributed by atoms with van der Waals surface area (Å²) in [5.41, 5.74) is 1.37. The van der Waals surface area contributed by atoms with E-state index < -0.39 is 6.10 Å². The zero-order chi connectivity index (χ0) is 16.9. The number of aromatic nitrogens is 2. The lowest BCUT2D eigenvalue weighted by Gasteiger charge is -2.20. The number of carbonyl (C=O) groups is 1. The Morgan fingerprint density at radius 3 is 2.96 bits per heavy atom. The Hall–Kier alpha value is -2.19. The molecule has 2 N–H and O–H groups in total. The zero-order valence-electron chi connectivity index (χ0n) is 13.3. The molecule has 1 aromatic heterocycles. The van der Waals surface area contributed by atoms with Gasteiger partial charge in [0.25, 0.3) is 5.91 Å². The highest BCUT2D eigenvalue weighted by Gasteiger charge is 2.19. The second-order valence-corrected chi connectivity index (χ2v) is 6.18. The van der Waals surface area contributed by atoms with Gasteiger partial charge in [0.15, 0.2) is 11.5 Å². The third-order valence-electron chi connectivity index (χ3n) is 3.66. The molecule has 1 aromatic carbocycles. The predicted octanol–water partition coefficient (Wildman–Crippen LogP) is 1.73. The second-order valence-electron chi connectivity index (χ2n) is 5.43. The van der Waals surface area contributed by atoms with Crippen molar-refractivity contribution in [3.05, 3.63) is 34.3 Å². The van der Waals surface area contributed by atoms with Gasteiger partial charge in [0.1, 0.15) is 18.1 Å². The van der Waals surface area contributed by atoms with Crippen molar-refractivity contribution in [2.75, 3.05) is 19.8 Å². The lowest BCUT2D eigenvalue weighted by atomic mass is 10.1. The van der Waals surface area contributed by atoms with Crippen molar-refractivity contribution in [2.45, 2.75) is 25.9 Å². The molecule has 2 heterocycles. The molecule has 1 amide bonds. The molecular formula is C16H19N3O4S. The number of fused-ring (bicyclic) bond motifs is 1. The highest BCUT2D eigenvalue weighted by molar-refractivity contribution is 7.08. The number of rotatable bonds is 6. The first-order chi connectivity index (χ1) is 11.7. The quantitative estimate of drug-likeness (QED) is 0.825. The molecule has 128 valence electrons. The number of carbonyl (C=O) groups excluding carboxylic acids is 1. The third-order valence-corrected chi connectivity index (χ3v) is 4.42. The van der Waals surface area contributed by atoms with Crippen LogP contribution in [0.5, 0.6) is 11.5 Å². The summed E-state index contributed by atoms with van der Waals surface area (Å²) in [5, 5.41) is 17.0. The van der Waals surface area contributed by atoms with E-state index in [0.717, 1.165) is 18.0 Å². The van der Waals surface area contributed by atoms with E-state index in [0.29, 0.717) is 47.3 Å². The Balaban J connectivity index is 1.61. The molecule has 1 atom stereocenters. The molecule has 0 radical (unpaired) electrons. The molecule has 3 rings (SSSR count). The number of hydrogen-bond acceptors (Lipinski definition) is 7. The van der Waals surface area contributed by atoms with Gasteiger partial charge in [-0.15, -0.1) is 5.10 Å². The van der Waals surface area contributed by atoms with Gasteiger partial charge < -0.3 is 19.9 Å². The van der Waals surface area contributed by atoms with Crippen LogP contribution in [0.2, 0.25) is 0 Å². The van der Waals surface area contributed by atoms with Gasteiger partial charge in [-0.25, -0.2) is 0 Å². The van der Waals surface area contributed by atoms with Crippen LogP contribution in [0.1, 0.15) is 40.4 Å². The monoisotopic (exact) mass is 349 g/mol. The number of nitrogens with one attached hydrogen (secondary N) is 1. The maximum absolute atomic E-state index is 12.2. The van der Waals surface area contributed by atoms with Gasteiger partial charge in [0.2, 0.25) is 0 Å². The molecule has 1 aliphatic heterocycles. The number of aryl methyl sites for hydroxylation is 1. The Kier molecular flexibility index (Phi) is 5.27. The summed E-state index contributed by atoms with van der Waals surface area (Å²) in [6.45, 7) is 3.13. The van der Waals surface area contributed by atoms with Crippen molar-refractivity contribution in [1.29, 1.82) is 0 Å². The average molecular weight is 349 g/mol. The van der Waals surface area contributed by atoms with Crippen molar-refractivity contribution in [3.8, 4) is 11.5 Å². The van der Waals surface area contributed by atoms with E-state index in [1.54, 1.807) is 18.2 Å². The second kappa shape index (κ2) is 7.59. The van der Waals surface area contributed by atoms with E-state index in [-0.39, 0.29) is 12.5 Å². The molecule has 24 heavy (non-hydrogen) atoms. The highest BCUT2D eigenvalue weighted by atomic mass is 32.1. The zero-order valence-corrected chi connectivity index (χ0v) is 14.1. The van der Waals surface area contributed by atoms with Gasteiger partial charge in [-0.05, 0) is 35.6 Å². The van der Waals surface area contributed by atoms with Gasteiger partial charge in [0.05, 0.1) is 11.8 Å². The highest BCUT2D eigenvalue weighted by Crippen LogP contribution is 2.32. The van der Waals surface area contributed by atoms with Gasteiger partial charge in [-0.3, -0.25) is 4.79 Å². The fraction of sp³-hybridized carbons (Fsp3) is 0.438. The van der Waals surface area contributed by atoms with E-state index in [1.165, 1.54) is 0 Å². The largest absolute Gasteiger partial charge is 0.486 e. The number of aliphatic hydroxyl groups is 1. The maximum Gasteiger partial charge on any atom is 0.265 e. The summed E-state index contributed by atoms with van der Waals surface area (Å²) in [6, 6.07) is 5.27. The van der Waals surface area contributed by atoms with E-state index >= 15 is 0 Å². The normalized spacial score (nSPS) is 14.2. The Labute approximate surface area is 143 Å². The first-order valence-electron chi connectivity index (χ1n) is 7.86. The molecule has 0 bridgehead atoms. The first kappa shape index (κ1) is 16.7. The lowest BCUT2D eigenvalue weighted by molar-refractivity contribution is 0.0918. The van der Waals surface area contributed by atoms with Crippen LogP contribution in [0.15, 0.2) is 18.2 Å². The maximum atomic E-state index is 12.2. The van der Waals surface area contributed by atoms with Crippen LogP contribution in [0, 0.1) is 0 Å². The minimum absolute atomic E-state index is 0.0991. The lowest BCUT2D eigenvalue weighted by Crippen LogP contribution is -2.28. The van der Waals surface area contributed by atoms with E-state index in [4.69, 9.17) is 9.47 Å². The standard InChI is InChI=1S/C16H19N3O4S/c1-2-3-11-15(24-19-18-11)16(21)17-9-12(20)10-4-5-13-14(8-10)23-7-6-22-13/h4-5,8,12,20H,2-3,6-7,9H2,1H3,(H,17,21). The van der Waals surface area contributed by atoms with E-state index in [1.807, 2.05) is 6.92 Å². The van der Waals surface area contributed by atoms with Gasteiger partial charge in [0, 0.05) is 6.54 Å². The molecule has 8 heteroatoms. The van der Waals surface area contributed by atoms with Crippen molar-refractivity contribution in [2.24, 2.45) is 0 Å². The molecular weight excluding hydrogens is 330 g/mol. The topological polar surface area (TPSA) is 93.6 Å². The van der Waals surface area contributed by atoms with Crippen LogP contribution in [-0.2, 0) is 6.42 Å². The minimum Gasteiger partial charge on any atom is -0.486 e. The molecule has 0 aliphatic carbocycles. The molecule has 0 spiro atoms. The number of aliphatic hydroxyl groups excluding tert-OH is 1. The Morgan fingerprint density at radius 2 is 2.17 bits per heavy atom. The van der Waals surface area contributed by atoms with Crippen LogP contribution in [0.3, 0.4) is 0 Å². The van der Waals surface area contributed by atoms with E-state index in [2.05, 4.69) is 14.9 Å². The van der Waals surface area contributed by atoms with Crippen molar-refractivity contribution >= 4 is 17.4 Å².